The maximum atomic E-state index is 5.30. The van der Waals surface area contributed by atoms with Crippen molar-refractivity contribution in [1.29, 1.82) is 0 Å². The molecule has 2 heterocycles. The molecule has 2 saturated heterocycles. The summed E-state index contributed by atoms with van der Waals surface area (Å²) in [6.07, 6.45) is 2.79. The molecule has 0 atom stereocenters. The molecule has 2 heteroatoms. The van der Waals surface area contributed by atoms with E-state index in [-0.39, 0.29) is 5.60 Å². The summed E-state index contributed by atoms with van der Waals surface area (Å²) < 4.78 is 10.5. The first-order valence-electron chi connectivity index (χ1n) is 3.01. The van der Waals surface area contributed by atoms with Crippen LogP contribution in [0, 0.1) is 0 Å². The second kappa shape index (κ2) is 1.25. The Bertz CT molecular complexity index is 99.6. The largest absolute Gasteiger partial charge is 0.376 e. The van der Waals surface area contributed by atoms with Gasteiger partial charge in [0.2, 0.25) is 0 Å². The highest BCUT2D eigenvalue weighted by Gasteiger charge is 2.52. The van der Waals surface area contributed by atoms with E-state index < -0.39 is 0 Å². The summed E-state index contributed by atoms with van der Waals surface area (Å²) in [4.78, 5) is 0. The van der Waals surface area contributed by atoms with E-state index in [2.05, 4.69) is 0 Å². The Morgan fingerprint density at radius 2 is 2.38 bits per heavy atom. The van der Waals surface area contributed by atoms with Gasteiger partial charge in [-0.25, -0.2) is 0 Å². The van der Waals surface area contributed by atoms with Crippen molar-refractivity contribution < 1.29 is 9.47 Å². The van der Waals surface area contributed by atoms with Crippen molar-refractivity contribution in [3.05, 3.63) is 0 Å². The summed E-state index contributed by atoms with van der Waals surface area (Å²) in [6, 6.07) is 0. The van der Waals surface area contributed by atoms with E-state index in [1.807, 2.05) is 0 Å². The summed E-state index contributed by atoms with van der Waals surface area (Å²) in [6.45, 7) is 0.828. The highest BCUT2D eigenvalue weighted by Crippen LogP contribution is 2.44. The van der Waals surface area contributed by atoms with Crippen molar-refractivity contribution in [3.63, 3.8) is 0 Å². The van der Waals surface area contributed by atoms with Gasteiger partial charge in [-0.15, -0.1) is 0 Å². The molecule has 2 aliphatic heterocycles. The van der Waals surface area contributed by atoms with Gasteiger partial charge in [0.1, 0.15) is 0 Å². The standard InChI is InChI=1S/C6H10O2/c1-7-6-2-5(3-6)8-4-6/h5H,2-4H2,1H3. The molecule has 1 saturated carbocycles. The maximum Gasteiger partial charge on any atom is 0.0960 e. The van der Waals surface area contributed by atoms with E-state index >= 15 is 0 Å². The highest BCUT2D eigenvalue weighted by molar-refractivity contribution is 5.02. The van der Waals surface area contributed by atoms with E-state index in [4.69, 9.17) is 9.47 Å². The minimum atomic E-state index is 0.157. The normalized spacial score (nSPS) is 51.4. The van der Waals surface area contributed by atoms with E-state index in [1.54, 1.807) is 7.11 Å². The van der Waals surface area contributed by atoms with Crippen LogP contribution >= 0.6 is 0 Å². The third kappa shape index (κ3) is 0.400. The van der Waals surface area contributed by atoms with Gasteiger partial charge < -0.3 is 9.47 Å². The van der Waals surface area contributed by atoms with Crippen molar-refractivity contribution in [1.82, 2.24) is 0 Å². The zero-order valence-corrected chi connectivity index (χ0v) is 5.02. The van der Waals surface area contributed by atoms with Gasteiger partial charge in [-0.05, 0) is 0 Å². The van der Waals surface area contributed by atoms with Crippen molar-refractivity contribution in [2.24, 2.45) is 0 Å². The third-order valence-electron chi connectivity index (χ3n) is 2.21. The van der Waals surface area contributed by atoms with Crippen molar-refractivity contribution in [3.8, 4) is 0 Å². The van der Waals surface area contributed by atoms with Gasteiger partial charge >= 0.3 is 0 Å². The zero-order chi connectivity index (χ0) is 5.61. The molecule has 3 rings (SSSR count). The van der Waals surface area contributed by atoms with Crippen LogP contribution in [-0.4, -0.2) is 25.4 Å². The van der Waals surface area contributed by atoms with E-state index in [1.165, 1.54) is 0 Å². The average molecular weight is 114 g/mol. The molecular formula is C6H10O2. The fraction of sp³-hybridized carbons (Fsp3) is 1.00. The summed E-state index contributed by atoms with van der Waals surface area (Å²) in [7, 11) is 1.77. The van der Waals surface area contributed by atoms with Crippen molar-refractivity contribution in [2.45, 2.75) is 24.5 Å². The Morgan fingerprint density at radius 3 is 2.62 bits per heavy atom. The average Bonchev–Trinajstić information content (AvgIpc) is 2.17. The fourth-order valence-corrected chi connectivity index (χ4v) is 1.50. The van der Waals surface area contributed by atoms with E-state index in [0.29, 0.717) is 6.10 Å². The van der Waals surface area contributed by atoms with Gasteiger partial charge in [0.15, 0.2) is 0 Å². The lowest BCUT2D eigenvalue weighted by molar-refractivity contribution is -0.0374. The number of hydrogen-bond acceptors (Lipinski definition) is 2. The van der Waals surface area contributed by atoms with Gasteiger partial charge in [0.05, 0.1) is 18.3 Å². The monoisotopic (exact) mass is 114 g/mol. The predicted molar refractivity (Wildman–Crippen MR) is 28.7 cm³/mol. The Hall–Kier alpha value is -0.0800. The minimum Gasteiger partial charge on any atom is -0.376 e. The Kier molecular flexibility index (Phi) is 0.746. The third-order valence-corrected chi connectivity index (χ3v) is 2.21. The quantitative estimate of drug-likeness (QED) is 0.496. The Labute approximate surface area is 48.8 Å². The Morgan fingerprint density at radius 1 is 1.62 bits per heavy atom. The van der Waals surface area contributed by atoms with Crippen LogP contribution in [0.3, 0.4) is 0 Å². The van der Waals surface area contributed by atoms with Crippen LogP contribution in [0.4, 0.5) is 0 Å². The molecule has 0 radical (unpaired) electrons. The van der Waals surface area contributed by atoms with Gasteiger partial charge in [-0.1, -0.05) is 0 Å². The molecule has 0 aromatic carbocycles. The lowest BCUT2D eigenvalue weighted by Crippen LogP contribution is -2.41. The number of fused-ring (bicyclic) bond motifs is 1. The molecule has 3 aliphatic rings. The summed E-state index contributed by atoms with van der Waals surface area (Å²) in [5, 5.41) is 0. The second-order valence-corrected chi connectivity index (χ2v) is 2.73. The maximum absolute atomic E-state index is 5.30. The lowest BCUT2D eigenvalue weighted by Gasteiger charge is -2.33. The molecule has 0 aromatic heterocycles. The summed E-state index contributed by atoms with van der Waals surface area (Å²) in [5.74, 6) is 0. The van der Waals surface area contributed by atoms with Gasteiger partial charge in [-0.2, -0.15) is 0 Å². The predicted octanol–water partition coefficient (Wildman–Crippen LogP) is 0.564. The lowest BCUT2D eigenvalue weighted by atomic mass is 9.82. The summed E-state index contributed by atoms with van der Waals surface area (Å²) in [5.41, 5.74) is 0.157. The van der Waals surface area contributed by atoms with E-state index in [0.717, 1.165) is 19.4 Å². The number of ether oxygens (including phenoxy) is 2. The van der Waals surface area contributed by atoms with Crippen LogP contribution in [0.25, 0.3) is 0 Å². The highest BCUT2D eigenvalue weighted by atomic mass is 16.6. The Balaban J connectivity index is 2.09. The molecule has 2 nitrogen and oxygen atoms in total. The van der Waals surface area contributed by atoms with Crippen LogP contribution in [0.5, 0.6) is 0 Å². The van der Waals surface area contributed by atoms with Crippen LogP contribution in [0.2, 0.25) is 0 Å². The molecule has 46 valence electrons. The summed E-state index contributed by atoms with van der Waals surface area (Å²) >= 11 is 0. The fourth-order valence-electron chi connectivity index (χ4n) is 1.50. The molecule has 1 aliphatic carbocycles. The molecule has 0 spiro atoms. The molecule has 0 aromatic rings. The number of hydrogen-bond donors (Lipinski definition) is 0. The zero-order valence-electron chi connectivity index (χ0n) is 5.02. The van der Waals surface area contributed by atoms with Crippen LogP contribution < -0.4 is 0 Å². The van der Waals surface area contributed by atoms with Gasteiger partial charge in [0, 0.05) is 20.0 Å². The van der Waals surface area contributed by atoms with Crippen LogP contribution in [0.15, 0.2) is 0 Å². The molecule has 0 unspecified atom stereocenters. The van der Waals surface area contributed by atoms with Gasteiger partial charge in [0.25, 0.3) is 0 Å². The van der Waals surface area contributed by atoms with Crippen molar-refractivity contribution >= 4 is 0 Å². The molecule has 3 fully saturated rings. The second-order valence-electron chi connectivity index (χ2n) is 2.73. The first-order valence-corrected chi connectivity index (χ1v) is 3.01. The molecule has 0 N–H and O–H groups in total. The molecule has 8 heavy (non-hydrogen) atoms. The van der Waals surface area contributed by atoms with Crippen molar-refractivity contribution in [2.75, 3.05) is 13.7 Å². The minimum absolute atomic E-state index is 0.157. The number of methoxy groups -OCH3 is 1. The van der Waals surface area contributed by atoms with Gasteiger partial charge in [-0.3, -0.25) is 0 Å². The van der Waals surface area contributed by atoms with Crippen LogP contribution in [0.1, 0.15) is 12.8 Å². The SMILES string of the molecule is COC12COC(C1)C2. The molecule has 2 bridgehead atoms. The topological polar surface area (TPSA) is 18.5 Å². The smallest absolute Gasteiger partial charge is 0.0960 e. The molecule has 0 amide bonds. The van der Waals surface area contributed by atoms with E-state index in [9.17, 15) is 0 Å². The first kappa shape index (κ1) is 4.77. The van der Waals surface area contributed by atoms with Crippen LogP contribution in [-0.2, 0) is 9.47 Å². The number of rotatable bonds is 1. The first-order chi connectivity index (χ1) is 3.85. The molecular weight excluding hydrogens is 104 g/mol.